The summed E-state index contributed by atoms with van der Waals surface area (Å²) in [5.74, 6) is -0.975. The number of carbonyl (C=O) groups is 1. The number of hydrogen-bond acceptors (Lipinski definition) is 3. The summed E-state index contributed by atoms with van der Waals surface area (Å²) in [4.78, 5) is 12.2. The first-order valence-corrected chi connectivity index (χ1v) is 6.47. The molecule has 0 saturated carbocycles. The van der Waals surface area contributed by atoms with Gasteiger partial charge in [-0.3, -0.25) is 4.79 Å². The smallest absolute Gasteiger partial charge is 0.199 e. The average molecular weight is 372 g/mol. The van der Waals surface area contributed by atoms with Crippen LogP contribution in [-0.2, 0) is 0 Å². The summed E-state index contributed by atoms with van der Waals surface area (Å²) in [6.45, 7) is 0. The van der Waals surface area contributed by atoms with Crippen LogP contribution in [0.15, 0.2) is 36.4 Å². The predicted molar refractivity (Wildman–Crippen MR) is 77.2 cm³/mol. The molecule has 0 unspecified atom stereocenters. The minimum Gasteiger partial charge on any atom is -0.507 e. The Morgan fingerprint density at radius 3 is 2.58 bits per heavy atom. The van der Waals surface area contributed by atoms with Crippen molar-refractivity contribution in [1.82, 2.24) is 0 Å². The maximum absolute atomic E-state index is 13.7. The molecule has 98 valence electrons. The largest absolute Gasteiger partial charge is 0.507 e. The molecule has 2 rings (SSSR count). The van der Waals surface area contributed by atoms with Gasteiger partial charge in [-0.05, 0) is 52.9 Å². The van der Waals surface area contributed by atoms with Crippen LogP contribution in [0.3, 0.4) is 0 Å². The molecule has 2 aromatic carbocycles. The fraction of sp³-hybridized carbons (Fsp3) is 0.0714. The molecule has 0 radical (unpaired) electrons. The first kappa shape index (κ1) is 13.8. The SMILES string of the molecule is COc1ccc(C(=O)c2cc(I)ccc2F)c(O)c1. The Balaban J connectivity index is 2.47. The number of aromatic hydroxyl groups is 1. The van der Waals surface area contributed by atoms with E-state index in [0.717, 1.165) is 3.57 Å². The van der Waals surface area contributed by atoms with E-state index in [4.69, 9.17) is 4.74 Å². The number of carbonyl (C=O) groups excluding carboxylic acids is 1. The third-order valence-electron chi connectivity index (χ3n) is 2.62. The lowest BCUT2D eigenvalue weighted by atomic mass is 10.0. The van der Waals surface area contributed by atoms with Crippen molar-refractivity contribution in [2.75, 3.05) is 7.11 Å². The van der Waals surface area contributed by atoms with Crippen LogP contribution in [0.25, 0.3) is 0 Å². The molecule has 0 aliphatic rings. The maximum atomic E-state index is 13.7. The van der Waals surface area contributed by atoms with Gasteiger partial charge in [0.15, 0.2) is 5.78 Å². The van der Waals surface area contributed by atoms with E-state index in [1.807, 2.05) is 22.6 Å². The number of methoxy groups -OCH3 is 1. The van der Waals surface area contributed by atoms with Crippen LogP contribution < -0.4 is 4.74 Å². The van der Waals surface area contributed by atoms with Crippen LogP contribution in [0.1, 0.15) is 15.9 Å². The van der Waals surface area contributed by atoms with Crippen molar-refractivity contribution in [2.24, 2.45) is 0 Å². The Labute approximate surface area is 123 Å². The predicted octanol–water partition coefficient (Wildman–Crippen LogP) is 3.38. The number of ether oxygens (including phenoxy) is 1. The Hall–Kier alpha value is -1.63. The topological polar surface area (TPSA) is 46.5 Å². The van der Waals surface area contributed by atoms with Gasteiger partial charge in [0.1, 0.15) is 17.3 Å². The second kappa shape index (κ2) is 5.56. The van der Waals surface area contributed by atoms with Crippen molar-refractivity contribution in [3.63, 3.8) is 0 Å². The van der Waals surface area contributed by atoms with Crippen molar-refractivity contribution < 1.29 is 19.0 Å². The van der Waals surface area contributed by atoms with E-state index in [1.165, 1.54) is 31.4 Å². The number of hydrogen-bond donors (Lipinski definition) is 1. The van der Waals surface area contributed by atoms with E-state index < -0.39 is 11.6 Å². The summed E-state index contributed by atoms with van der Waals surface area (Å²) in [6.07, 6.45) is 0. The van der Waals surface area contributed by atoms with E-state index in [0.29, 0.717) is 5.75 Å². The third kappa shape index (κ3) is 2.86. The van der Waals surface area contributed by atoms with Crippen molar-refractivity contribution in [2.45, 2.75) is 0 Å². The van der Waals surface area contributed by atoms with Crippen LogP contribution in [0.5, 0.6) is 11.5 Å². The van der Waals surface area contributed by atoms with E-state index >= 15 is 0 Å². The van der Waals surface area contributed by atoms with Gasteiger partial charge in [0.25, 0.3) is 0 Å². The van der Waals surface area contributed by atoms with Gasteiger partial charge in [0.05, 0.1) is 18.2 Å². The lowest BCUT2D eigenvalue weighted by Gasteiger charge is -2.07. The highest BCUT2D eigenvalue weighted by atomic mass is 127. The highest BCUT2D eigenvalue weighted by Gasteiger charge is 2.18. The molecule has 0 aromatic heterocycles. The minimum atomic E-state index is -0.611. The summed E-state index contributed by atoms with van der Waals surface area (Å²) < 4.78 is 19.3. The van der Waals surface area contributed by atoms with Gasteiger partial charge in [-0.2, -0.15) is 0 Å². The molecule has 19 heavy (non-hydrogen) atoms. The molecule has 0 bridgehead atoms. The van der Waals surface area contributed by atoms with Crippen molar-refractivity contribution >= 4 is 28.4 Å². The Morgan fingerprint density at radius 1 is 1.21 bits per heavy atom. The highest BCUT2D eigenvalue weighted by molar-refractivity contribution is 14.1. The molecule has 0 saturated heterocycles. The highest BCUT2D eigenvalue weighted by Crippen LogP contribution is 2.26. The molecule has 0 spiro atoms. The van der Waals surface area contributed by atoms with Gasteiger partial charge in [0.2, 0.25) is 0 Å². The summed E-state index contributed by atoms with van der Waals surface area (Å²) in [5.41, 5.74) is -0.0194. The second-order valence-corrected chi connectivity index (χ2v) is 5.08. The van der Waals surface area contributed by atoms with Crippen LogP contribution >= 0.6 is 22.6 Å². The lowest BCUT2D eigenvalue weighted by molar-refractivity contribution is 0.103. The number of halogens is 2. The van der Waals surface area contributed by atoms with E-state index in [9.17, 15) is 14.3 Å². The molecule has 0 fully saturated rings. The summed E-state index contributed by atoms with van der Waals surface area (Å²) >= 11 is 1.99. The number of rotatable bonds is 3. The van der Waals surface area contributed by atoms with Gasteiger partial charge in [-0.25, -0.2) is 4.39 Å². The maximum Gasteiger partial charge on any atom is 0.199 e. The first-order chi connectivity index (χ1) is 9.02. The third-order valence-corrected chi connectivity index (χ3v) is 3.29. The normalized spacial score (nSPS) is 10.3. The van der Waals surface area contributed by atoms with Gasteiger partial charge in [-0.1, -0.05) is 0 Å². The zero-order chi connectivity index (χ0) is 14.0. The lowest BCUT2D eigenvalue weighted by Crippen LogP contribution is -2.05. The standard InChI is InChI=1S/C14H10FIO3/c1-19-9-3-4-10(13(17)7-9)14(18)11-6-8(16)2-5-12(11)15/h2-7,17H,1H3. The van der Waals surface area contributed by atoms with Crippen molar-refractivity contribution in [3.05, 3.63) is 56.9 Å². The fourth-order valence-electron chi connectivity index (χ4n) is 1.65. The Kier molecular flexibility index (Phi) is 4.04. The van der Waals surface area contributed by atoms with Crippen LogP contribution in [0.4, 0.5) is 4.39 Å². The second-order valence-electron chi connectivity index (χ2n) is 3.84. The average Bonchev–Trinajstić information content (AvgIpc) is 2.40. The summed E-state index contributed by atoms with van der Waals surface area (Å²) in [7, 11) is 1.45. The molecular weight excluding hydrogens is 362 g/mol. The van der Waals surface area contributed by atoms with Crippen LogP contribution in [0, 0.1) is 9.39 Å². The molecular formula is C14H10FIO3. The zero-order valence-electron chi connectivity index (χ0n) is 9.98. The minimum absolute atomic E-state index is 0.0432. The zero-order valence-corrected chi connectivity index (χ0v) is 12.1. The molecule has 0 amide bonds. The molecule has 5 heteroatoms. The summed E-state index contributed by atoms with van der Waals surface area (Å²) in [5, 5.41) is 9.79. The van der Waals surface area contributed by atoms with Crippen LogP contribution in [-0.4, -0.2) is 18.0 Å². The van der Waals surface area contributed by atoms with Crippen LogP contribution in [0.2, 0.25) is 0 Å². The van der Waals surface area contributed by atoms with Gasteiger partial charge in [-0.15, -0.1) is 0 Å². The van der Waals surface area contributed by atoms with Gasteiger partial charge in [0, 0.05) is 9.64 Å². The molecule has 2 aromatic rings. The molecule has 0 heterocycles. The Bertz CT molecular complexity index is 641. The number of phenols is 1. The van der Waals surface area contributed by atoms with Crippen molar-refractivity contribution in [1.29, 1.82) is 0 Å². The van der Waals surface area contributed by atoms with E-state index in [2.05, 4.69) is 0 Å². The number of phenolic OH excluding ortho intramolecular Hbond substituents is 1. The molecule has 1 N–H and O–H groups in total. The number of benzene rings is 2. The van der Waals surface area contributed by atoms with E-state index in [-0.39, 0.29) is 16.9 Å². The quantitative estimate of drug-likeness (QED) is 0.664. The first-order valence-electron chi connectivity index (χ1n) is 5.39. The molecule has 0 atom stereocenters. The molecule has 0 aliphatic heterocycles. The van der Waals surface area contributed by atoms with Gasteiger partial charge >= 0.3 is 0 Å². The monoisotopic (exact) mass is 372 g/mol. The Morgan fingerprint density at radius 2 is 1.95 bits per heavy atom. The van der Waals surface area contributed by atoms with E-state index in [1.54, 1.807) is 12.1 Å². The summed E-state index contributed by atoms with van der Waals surface area (Å²) in [6, 6.07) is 8.52. The number of ketones is 1. The fourth-order valence-corrected chi connectivity index (χ4v) is 2.14. The molecule has 3 nitrogen and oxygen atoms in total. The molecule has 0 aliphatic carbocycles. The van der Waals surface area contributed by atoms with Gasteiger partial charge < -0.3 is 9.84 Å². The van der Waals surface area contributed by atoms with Crippen molar-refractivity contribution in [3.8, 4) is 11.5 Å².